The fourth-order valence-electron chi connectivity index (χ4n) is 4.33. The molecule has 1 aromatic heterocycles. The maximum absolute atomic E-state index is 14.8. The molecule has 5 nitrogen and oxygen atoms in total. The number of aromatic nitrogens is 1. The van der Waals surface area contributed by atoms with Gasteiger partial charge in [0.25, 0.3) is 0 Å². The normalized spacial score (nSPS) is 20.7. The second kappa shape index (κ2) is 6.75. The van der Waals surface area contributed by atoms with Crippen molar-refractivity contribution in [3.8, 4) is 11.8 Å². The molecule has 0 spiro atoms. The predicted molar refractivity (Wildman–Crippen MR) is 104 cm³/mol. The molecule has 28 heavy (non-hydrogen) atoms. The summed E-state index contributed by atoms with van der Waals surface area (Å²) < 4.78 is 22.0. The molecule has 4 rings (SSSR count). The van der Waals surface area contributed by atoms with E-state index in [9.17, 15) is 14.4 Å². The Labute approximate surface area is 164 Å². The molecule has 0 unspecified atom stereocenters. The number of nitrogens with one attached hydrogen (secondary N) is 1. The summed E-state index contributed by atoms with van der Waals surface area (Å²) in [7, 11) is 0. The van der Waals surface area contributed by atoms with Crippen LogP contribution in [-0.4, -0.2) is 29.6 Å². The quantitative estimate of drug-likeness (QED) is 0.867. The molecule has 1 aliphatic heterocycles. The van der Waals surface area contributed by atoms with E-state index in [-0.39, 0.29) is 22.8 Å². The monoisotopic (exact) mass is 381 g/mol. The highest BCUT2D eigenvalue weighted by molar-refractivity contribution is 6.00. The average Bonchev–Trinajstić information content (AvgIpc) is 3.21. The maximum atomic E-state index is 14.8. The molecule has 1 N–H and O–H groups in total. The molecule has 2 aromatic rings. The molecular formula is C22H24FN3O2. The van der Waals surface area contributed by atoms with Crippen molar-refractivity contribution in [2.24, 2.45) is 5.41 Å². The van der Waals surface area contributed by atoms with Gasteiger partial charge in [-0.15, -0.1) is 0 Å². The molecule has 2 aliphatic rings. The van der Waals surface area contributed by atoms with E-state index in [2.05, 4.69) is 19.2 Å². The Balaban J connectivity index is 1.82. The lowest BCUT2D eigenvalue weighted by atomic mass is 9.75. The second-order valence-corrected chi connectivity index (χ2v) is 8.61. The van der Waals surface area contributed by atoms with Crippen LogP contribution in [-0.2, 0) is 11.2 Å². The van der Waals surface area contributed by atoms with Crippen LogP contribution in [0.4, 0.5) is 10.1 Å². The number of halogens is 1. The summed E-state index contributed by atoms with van der Waals surface area (Å²) in [4.78, 5) is 12.7. The summed E-state index contributed by atoms with van der Waals surface area (Å²) in [6.45, 7) is 7.27. The van der Waals surface area contributed by atoms with Crippen molar-refractivity contribution in [1.29, 1.82) is 5.26 Å². The Morgan fingerprint density at radius 3 is 2.82 bits per heavy atom. The molecule has 2 heterocycles. The molecule has 6 heteroatoms. The first-order chi connectivity index (χ1) is 13.3. The molecule has 0 saturated carbocycles. The first kappa shape index (κ1) is 18.7. The predicted octanol–water partition coefficient (Wildman–Crippen LogP) is 4.15. The van der Waals surface area contributed by atoms with E-state index in [0.717, 1.165) is 29.7 Å². The zero-order valence-electron chi connectivity index (χ0n) is 16.4. The summed E-state index contributed by atoms with van der Waals surface area (Å²) in [5, 5.41) is 12.7. The third-order valence-corrected chi connectivity index (χ3v) is 5.61. The first-order valence-corrected chi connectivity index (χ1v) is 9.61. The standard InChI is InChI=1S/C22H24FN3O2/c1-13-11-26(19-8-22(2,3)9-20(27)21(13)19)15-6-17(23)16(10-24)18(7-15)25-14-4-5-28-12-14/h6-7,11,14,25H,4-5,8-9,12H2,1-3H3/t14-/m0/s1. The number of benzene rings is 1. The lowest BCUT2D eigenvalue weighted by Gasteiger charge is -2.30. The van der Waals surface area contributed by atoms with Crippen molar-refractivity contribution in [2.45, 2.75) is 46.1 Å². The Morgan fingerprint density at radius 1 is 1.36 bits per heavy atom. The summed E-state index contributed by atoms with van der Waals surface area (Å²) in [5.74, 6) is -0.430. The van der Waals surface area contributed by atoms with E-state index in [1.54, 1.807) is 6.07 Å². The molecule has 0 bridgehead atoms. The van der Waals surface area contributed by atoms with Gasteiger partial charge in [-0.3, -0.25) is 4.79 Å². The summed E-state index contributed by atoms with van der Waals surface area (Å²) in [6.07, 6.45) is 3.97. The number of nitrogens with zero attached hydrogens (tertiary/aromatic N) is 2. The van der Waals surface area contributed by atoms with Crippen molar-refractivity contribution >= 4 is 11.5 Å². The molecule has 0 amide bonds. The minimum atomic E-state index is -0.567. The van der Waals surface area contributed by atoms with Gasteiger partial charge in [-0.2, -0.15) is 5.26 Å². The van der Waals surface area contributed by atoms with Gasteiger partial charge in [-0.05, 0) is 42.9 Å². The number of carbonyl (C=O) groups is 1. The van der Waals surface area contributed by atoms with Crippen LogP contribution >= 0.6 is 0 Å². The smallest absolute Gasteiger partial charge is 0.165 e. The van der Waals surface area contributed by atoms with E-state index >= 15 is 0 Å². The number of Topliss-reactive ketones (excluding diaryl/α,β-unsaturated/α-hetero) is 1. The highest BCUT2D eigenvalue weighted by Crippen LogP contribution is 2.38. The topological polar surface area (TPSA) is 67.1 Å². The minimum absolute atomic E-state index is 0.00445. The average molecular weight is 381 g/mol. The molecule has 0 radical (unpaired) electrons. The van der Waals surface area contributed by atoms with Gasteiger partial charge in [0.05, 0.1) is 24.0 Å². The number of aryl methyl sites for hydroxylation is 1. The molecule has 1 aromatic carbocycles. The van der Waals surface area contributed by atoms with E-state index < -0.39 is 5.82 Å². The van der Waals surface area contributed by atoms with Crippen LogP contribution in [0.1, 0.15) is 53.9 Å². The number of carbonyl (C=O) groups excluding carboxylic acids is 1. The maximum Gasteiger partial charge on any atom is 0.165 e. The number of ether oxygens (including phenoxy) is 1. The SMILES string of the molecule is Cc1cn(-c2cc(F)c(C#N)c(N[C@H]3CCOC3)c2)c2c1C(=O)CC(C)(C)C2. The zero-order chi connectivity index (χ0) is 20.1. The van der Waals surface area contributed by atoms with Crippen LogP contribution in [0, 0.1) is 29.5 Å². The number of ketones is 1. The second-order valence-electron chi connectivity index (χ2n) is 8.61. The van der Waals surface area contributed by atoms with Crippen molar-refractivity contribution in [3.05, 3.63) is 46.5 Å². The third kappa shape index (κ3) is 3.20. The zero-order valence-corrected chi connectivity index (χ0v) is 16.4. The fraction of sp³-hybridized carbons (Fsp3) is 0.455. The van der Waals surface area contributed by atoms with Crippen LogP contribution < -0.4 is 5.32 Å². The van der Waals surface area contributed by atoms with Crippen molar-refractivity contribution < 1.29 is 13.9 Å². The Bertz CT molecular complexity index is 994. The Morgan fingerprint density at radius 2 is 2.14 bits per heavy atom. The molecule has 1 atom stereocenters. The van der Waals surface area contributed by atoms with Crippen LogP contribution in [0.5, 0.6) is 0 Å². The first-order valence-electron chi connectivity index (χ1n) is 9.61. The van der Waals surface area contributed by atoms with Crippen molar-refractivity contribution in [3.63, 3.8) is 0 Å². The fourth-order valence-corrected chi connectivity index (χ4v) is 4.33. The van der Waals surface area contributed by atoms with Crippen LogP contribution in [0.3, 0.4) is 0 Å². The van der Waals surface area contributed by atoms with Gasteiger partial charge in [-0.1, -0.05) is 13.8 Å². The largest absolute Gasteiger partial charge is 0.379 e. The number of rotatable bonds is 3. The highest BCUT2D eigenvalue weighted by atomic mass is 19.1. The van der Waals surface area contributed by atoms with E-state index in [1.165, 1.54) is 6.07 Å². The number of nitriles is 1. The van der Waals surface area contributed by atoms with E-state index in [1.807, 2.05) is 23.8 Å². The van der Waals surface area contributed by atoms with E-state index in [4.69, 9.17) is 4.74 Å². The van der Waals surface area contributed by atoms with Gasteiger partial charge in [0.1, 0.15) is 17.4 Å². The molecule has 1 saturated heterocycles. The molecule has 146 valence electrons. The molecule has 1 fully saturated rings. The minimum Gasteiger partial charge on any atom is -0.379 e. The van der Waals surface area contributed by atoms with Gasteiger partial charge in [0, 0.05) is 30.5 Å². The molecule has 1 aliphatic carbocycles. The number of hydrogen-bond acceptors (Lipinski definition) is 4. The Hall–Kier alpha value is -2.65. The lowest BCUT2D eigenvalue weighted by Crippen LogP contribution is -2.28. The van der Waals surface area contributed by atoms with Gasteiger partial charge < -0.3 is 14.6 Å². The van der Waals surface area contributed by atoms with Gasteiger partial charge >= 0.3 is 0 Å². The summed E-state index contributed by atoms with van der Waals surface area (Å²) >= 11 is 0. The van der Waals surface area contributed by atoms with E-state index in [0.29, 0.717) is 31.0 Å². The van der Waals surface area contributed by atoms with Crippen molar-refractivity contribution in [1.82, 2.24) is 4.57 Å². The molecular weight excluding hydrogens is 357 g/mol. The third-order valence-electron chi connectivity index (χ3n) is 5.61. The van der Waals surface area contributed by atoms with Gasteiger partial charge in [0.15, 0.2) is 5.78 Å². The lowest BCUT2D eigenvalue weighted by molar-refractivity contribution is 0.0910. The highest BCUT2D eigenvalue weighted by Gasteiger charge is 2.35. The number of anilines is 1. The van der Waals surface area contributed by atoms with Gasteiger partial charge in [0.2, 0.25) is 0 Å². The number of fused-ring (bicyclic) bond motifs is 1. The van der Waals surface area contributed by atoms with Crippen molar-refractivity contribution in [2.75, 3.05) is 18.5 Å². The van der Waals surface area contributed by atoms with Crippen LogP contribution in [0.15, 0.2) is 18.3 Å². The Kier molecular flexibility index (Phi) is 4.51. The van der Waals surface area contributed by atoms with Crippen LogP contribution in [0.25, 0.3) is 5.69 Å². The van der Waals surface area contributed by atoms with Crippen LogP contribution in [0.2, 0.25) is 0 Å². The summed E-state index contributed by atoms with van der Waals surface area (Å²) in [5.41, 5.74) is 3.52. The summed E-state index contributed by atoms with van der Waals surface area (Å²) in [6, 6.07) is 5.19. The van der Waals surface area contributed by atoms with Gasteiger partial charge in [-0.25, -0.2) is 4.39 Å². The number of hydrogen-bond donors (Lipinski definition) is 1.